The van der Waals surface area contributed by atoms with Gasteiger partial charge < -0.3 is 31.1 Å². The van der Waals surface area contributed by atoms with Crippen LogP contribution in [0.2, 0.25) is 0 Å². The minimum Gasteiger partial charge on any atom is -0.494 e. The number of carbonyl (C=O) groups is 3. The summed E-state index contributed by atoms with van der Waals surface area (Å²) in [6.45, 7) is 9.68. The highest BCUT2D eigenvalue weighted by Gasteiger charge is 2.49. The number of nitrogens with one attached hydrogen (secondary N) is 4. The number of carbonyl (C=O) groups excluding carboxylic acids is 3. The molecular weight excluding hydrogens is 480 g/mol. The molecule has 202 valence electrons. The molecular formula is C24H36N8O5. The van der Waals surface area contributed by atoms with E-state index in [0.717, 1.165) is 12.8 Å². The Balaban J connectivity index is 1.46. The molecule has 4 rings (SSSR count). The van der Waals surface area contributed by atoms with Gasteiger partial charge in [0.05, 0.1) is 24.2 Å². The summed E-state index contributed by atoms with van der Waals surface area (Å²) in [5, 5.41) is 30.7. The Morgan fingerprint density at radius 2 is 1.84 bits per heavy atom. The quantitative estimate of drug-likeness (QED) is 0.262. The zero-order valence-corrected chi connectivity index (χ0v) is 21.8. The fourth-order valence-electron chi connectivity index (χ4n) is 4.14. The number of aromatic nitrogens is 2. The largest absolute Gasteiger partial charge is 0.494 e. The zero-order chi connectivity index (χ0) is 27.1. The van der Waals surface area contributed by atoms with Crippen LogP contribution in [0.4, 0.5) is 5.82 Å². The zero-order valence-electron chi connectivity index (χ0n) is 21.8. The van der Waals surface area contributed by atoms with E-state index >= 15 is 0 Å². The molecule has 0 aromatic carbocycles. The van der Waals surface area contributed by atoms with Gasteiger partial charge in [-0.25, -0.2) is 20.4 Å². The van der Waals surface area contributed by atoms with Crippen LogP contribution >= 0.6 is 0 Å². The van der Waals surface area contributed by atoms with Crippen LogP contribution < -0.4 is 21.4 Å². The first-order chi connectivity index (χ1) is 17.2. The summed E-state index contributed by atoms with van der Waals surface area (Å²) in [6.07, 6.45) is 3.83. The monoisotopic (exact) mass is 516 g/mol. The standard InChI is InChI=1S/C24H36N8O5/c1-23(2,3)12-31-17-8-15(29-16-10-25-14(9-26-16)19(33)27-11-24(4,5)37)30-32(17)22(36)18(21(31)35)20(34)28-13-6-7-13/h9-10,13,15,17,30,35,37H,6-8,11-12H2,1-5H3,(H,26,29)(H,27,33)(H,28,34). The van der Waals surface area contributed by atoms with Gasteiger partial charge in [-0.3, -0.25) is 14.4 Å². The van der Waals surface area contributed by atoms with Crippen molar-refractivity contribution in [3.63, 3.8) is 0 Å². The van der Waals surface area contributed by atoms with E-state index in [0.29, 0.717) is 18.8 Å². The SMILES string of the molecule is CC(C)(C)CN1C(O)=C(C(=O)NC2CC2)C(=O)N2NC(Nc3cnc(C(=O)NCC(C)(C)O)cn3)CC12. The topological polar surface area (TPSA) is 172 Å². The Morgan fingerprint density at radius 3 is 2.41 bits per heavy atom. The Labute approximate surface area is 215 Å². The van der Waals surface area contributed by atoms with Crippen LogP contribution in [-0.4, -0.2) is 84.9 Å². The molecule has 2 atom stereocenters. The van der Waals surface area contributed by atoms with Crippen molar-refractivity contribution in [3.05, 3.63) is 29.5 Å². The van der Waals surface area contributed by atoms with E-state index < -0.39 is 35.7 Å². The molecule has 3 aliphatic rings. The molecule has 6 N–H and O–H groups in total. The number of aliphatic hydroxyl groups excluding tert-OH is 1. The van der Waals surface area contributed by atoms with E-state index in [1.54, 1.807) is 18.7 Å². The van der Waals surface area contributed by atoms with Crippen molar-refractivity contribution < 1.29 is 24.6 Å². The van der Waals surface area contributed by atoms with E-state index in [2.05, 4.69) is 31.3 Å². The Hall–Kier alpha value is -3.45. The second-order valence-electron chi connectivity index (χ2n) is 11.6. The van der Waals surface area contributed by atoms with Crippen LogP contribution in [-0.2, 0) is 9.59 Å². The number of nitrogens with zero attached hydrogens (tertiary/aromatic N) is 4. The summed E-state index contributed by atoms with van der Waals surface area (Å²) in [4.78, 5) is 48.4. The molecule has 3 amide bonds. The third kappa shape index (κ3) is 6.46. The van der Waals surface area contributed by atoms with Crippen molar-refractivity contribution in [2.24, 2.45) is 5.41 Å². The fraction of sp³-hybridized carbons (Fsp3) is 0.625. The molecule has 1 saturated carbocycles. The Kier molecular flexibility index (Phi) is 7.04. The summed E-state index contributed by atoms with van der Waals surface area (Å²) < 4.78 is 0. The molecule has 13 heteroatoms. The average Bonchev–Trinajstić information content (AvgIpc) is 3.50. The molecule has 0 bridgehead atoms. The van der Waals surface area contributed by atoms with Gasteiger partial charge in [0.15, 0.2) is 5.57 Å². The Bertz CT molecular complexity index is 1090. The maximum Gasteiger partial charge on any atom is 0.281 e. The minimum atomic E-state index is -1.05. The molecule has 2 aliphatic heterocycles. The van der Waals surface area contributed by atoms with Crippen LogP contribution in [0, 0.1) is 5.41 Å². The van der Waals surface area contributed by atoms with Crippen molar-refractivity contribution in [3.8, 4) is 0 Å². The normalized spacial score (nSPS) is 22.2. The summed E-state index contributed by atoms with van der Waals surface area (Å²) in [5.74, 6) is -1.58. The van der Waals surface area contributed by atoms with Gasteiger partial charge in [-0.15, -0.1) is 0 Å². The van der Waals surface area contributed by atoms with Gasteiger partial charge in [0.1, 0.15) is 17.7 Å². The van der Waals surface area contributed by atoms with E-state index in [1.807, 2.05) is 20.8 Å². The lowest BCUT2D eigenvalue weighted by atomic mass is 9.95. The lowest BCUT2D eigenvalue weighted by molar-refractivity contribution is -0.142. The van der Waals surface area contributed by atoms with Crippen LogP contribution in [0.3, 0.4) is 0 Å². The van der Waals surface area contributed by atoms with E-state index in [9.17, 15) is 24.6 Å². The van der Waals surface area contributed by atoms with Gasteiger partial charge in [0.25, 0.3) is 17.7 Å². The third-order valence-corrected chi connectivity index (χ3v) is 6.00. The maximum absolute atomic E-state index is 13.3. The first kappa shape index (κ1) is 26.6. The minimum absolute atomic E-state index is 0.0362. The first-order valence-electron chi connectivity index (χ1n) is 12.4. The van der Waals surface area contributed by atoms with Gasteiger partial charge >= 0.3 is 0 Å². The van der Waals surface area contributed by atoms with Crippen LogP contribution in [0.1, 0.15) is 64.4 Å². The number of anilines is 1. The summed E-state index contributed by atoms with van der Waals surface area (Å²) in [5.41, 5.74) is 1.63. The van der Waals surface area contributed by atoms with Crippen molar-refractivity contribution in [2.45, 2.75) is 77.9 Å². The van der Waals surface area contributed by atoms with E-state index in [-0.39, 0.29) is 35.2 Å². The van der Waals surface area contributed by atoms with Crippen molar-refractivity contribution in [1.82, 2.24) is 35.9 Å². The molecule has 2 fully saturated rings. The fourth-order valence-corrected chi connectivity index (χ4v) is 4.14. The molecule has 0 radical (unpaired) electrons. The van der Waals surface area contributed by atoms with Gasteiger partial charge in [-0.2, -0.15) is 0 Å². The predicted molar refractivity (Wildman–Crippen MR) is 133 cm³/mol. The Morgan fingerprint density at radius 1 is 1.14 bits per heavy atom. The predicted octanol–water partition coefficient (Wildman–Crippen LogP) is 0.188. The highest BCUT2D eigenvalue weighted by Crippen LogP contribution is 2.33. The number of hydrazine groups is 1. The summed E-state index contributed by atoms with van der Waals surface area (Å²) in [6, 6.07) is 0.0362. The molecule has 2 unspecified atom stereocenters. The second kappa shape index (κ2) is 9.78. The van der Waals surface area contributed by atoms with E-state index in [1.165, 1.54) is 17.4 Å². The second-order valence-corrected chi connectivity index (χ2v) is 11.6. The maximum atomic E-state index is 13.3. The van der Waals surface area contributed by atoms with Crippen molar-refractivity contribution >= 4 is 23.5 Å². The third-order valence-electron chi connectivity index (χ3n) is 6.00. The molecule has 37 heavy (non-hydrogen) atoms. The average molecular weight is 517 g/mol. The lowest BCUT2D eigenvalue weighted by Gasteiger charge is -2.42. The highest BCUT2D eigenvalue weighted by molar-refractivity contribution is 6.19. The van der Waals surface area contributed by atoms with Crippen LogP contribution in [0.25, 0.3) is 0 Å². The van der Waals surface area contributed by atoms with Crippen molar-refractivity contribution in [2.75, 3.05) is 18.4 Å². The van der Waals surface area contributed by atoms with Gasteiger partial charge in [0.2, 0.25) is 5.88 Å². The summed E-state index contributed by atoms with van der Waals surface area (Å²) >= 11 is 0. The molecule has 1 aromatic rings. The number of hydrogen-bond acceptors (Lipinski definition) is 10. The van der Waals surface area contributed by atoms with Crippen LogP contribution in [0.5, 0.6) is 0 Å². The number of amides is 3. The lowest BCUT2D eigenvalue weighted by Crippen LogP contribution is -2.58. The molecule has 13 nitrogen and oxygen atoms in total. The highest BCUT2D eigenvalue weighted by atomic mass is 16.3. The first-order valence-corrected chi connectivity index (χ1v) is 12.4. The molecule has 1 aromatic heterocycles. The van der Waals surface area contributed by atoms with Gasteiger partial charge in [-0.05, 0) is 32.1 Å². The molecule has 1 saturated heterocycles. The number of aliphatic hydroxyl groups is 2. The summed E-state index contributed by atoms with van der Waals surface area (Å²) in [7, 11) is 0. The van der Waals surface area contributed by atoms with E-state index in [4.69, 9.17) is 0 Å². The van der Waals surface area contributed by atoms with Crippen molar-refractivity contribution in [1.29, 1.82) is 0 Å². The van der Waals surface area contributed by atoms with Crippen LogP contribution in [0.15, 0.2) is 23.8 Å². The molecule has 0 spiro atoms. The van der Waals surface area contributed by atoms with Gasteiger partial charge in [0, 0.05) is 25.6 Å². The molecule has 1 aliphatic carbocycles. The van der Waals surface area contributed by atoms with Gasteiger partial charge in [-0.1, -0.05) is 20.8 Å². The number of rotatable bonds is 8. The number of hydrogen-bond donors (Lipinski definition) is 6. The smallest absolute Gasteiger partial charge is 0.281 e. The molecule has 3 heterocycles. The number of fused-ring (bicyclic) bond motifs is 1.